The van der Waals surface area contributed by atoms with Crippen molar-refractivity contribution in [2.45, 2.75) is 19.4 Å². The number of phenols is 1. The number of hydrogen-bond acceptors (Lipinski definition) is 4. The lowest BCUT2D eigenvalue weighted by Gasteiger charge is -2.14. The number of carbonyl (C=O) groups is 1. The minimum absolute atomic E-state index is 0.130. The second-order valence-corrected chi connectivity index (χ2v) is 4.62. The van der Waals surface area contributed by atoms with Gasteiger partial charge in [-0.2, -0.15) is 0 Å². The fourth-order valence-corrected chi connectivity index (χ4v) is 1.89. The first-order chi connectivity index (χ1) is 9.60. The van der Waals surface area contributed by atoms with Gasteiger partial charge in [-0.1, -0.05) is 12.1 Å². The van der Waals surface area contributed by atoms with Gasteiger partial charge < -0.3 is 19.9 Å². The molecule has 1 aromatic heterocycles. The van der Waals surface area contributed by atoms with E-state index < -0.39 is 6.04 Å². The third kappa shape index (κ3) is 3.39. The molecule has 0 aliphatic carbocycles. The number of carbonyl (C=O) groups excluding carboxylic acids is 1. The van der Waals surface area contributed by atoms with Crippen LogP contribution < -0.4 is 5.32 Å². The van der Waals surface area contributed by atoms with Crippen LogP contribution in [0.15, 0.2) is 41.0 Å². The third-order valence-corrected chi connectivity index (χ3v) is 3.04. The highest BCUT2D eigenvalue weighted by Gasteiger charge is 2.16. The summed E-state index contributed by atoms with van der Waals surface area (Å²) < 4.78 is 5.16. The Morgan fingerprint density at radius 1 is 1.40 bits per heavy atom. The molecule has 2 rings (SSSR count). The van der Waals surface area contributed by atoms with E-state index in [0.29, 0.717) is 11.3 Å². The van der Waals surface area contributed by atoms with Crippen LogP contribution in [0, 0.1) is 6.92 Å². The van der Waals surface area contributed by atoms with Gasteiger partial charge in [0.15, 0.2) is 0 Å². The Balaban J connectivity index is 1.99. The Morgan fingerprint density at radius 2 is 2.20 bits per heavy atom. The summed E-state index contributed by atoms with van der Waals surface area (Å²) in [4.78, 5) is 11.9. The molecular formula is C15H17NO4. The maximum atomic E-state index is 11.9. The molecule has 20 heavy (non-hydrogen) atoms. The molecule has 5 heteroatoms. The van der Waals surface area contributed by atoms with Gasteiger partial charge in [0.05, 0.1) is 19.3 Å². The van der Waals surface area contributed by atoms with Crippen molar-refractivity contribution in [2.75, 3.05) is 6.61 Å². The number of aryl methyl sites for hydroxylation is 1. The van der Waals surface area contributed by atoms with E-state index in [4.69, 9.17) is 4.42 Å². The molecule has 106 valence electrons. The molecule has 1 unspecified atom stereocenters. The number of aromatic hydroxyl groups is 1. The third-order valence-electron chi connectivity index (χ3n) is 3.04. The van der Waals surface area contributed by atoms with Gasteiger partial charge in [-0.05, 0) is 36.2 Å². The monoisotopic (exact) mass is 275 g/mol. The molecular weight excluding hydrogens is 258 g/mol. The van der Waals surface area contributed by atoms with E-state index >= 15 is 0 Å². The first kappa shape index (κ1) is 14.1. The number of phenolic OH excluding ortho intramolecular Hbond substituents is 1. The maximum Gasteiger partial charge on any atom is 0.225 e. The van der Waals surface area contributed by atoms with E-state index in [-0.39, 0.29) is 24.7 Å². The summed E-state index contributed by atoms with van der Waals surface area (Å²) in [6.45, 7) is 1.55. The van der Waals surface area contributed by atoms with Gasteiger partial charge in [0.25, 0.3) is 0 Å². The summed E-state index contributed by atoms with van der Waals surface area (Å²) in [7, 11) is 0. The topological polar surface area (TPSA) is 82.7 Å². The van der Waals surface area contributed by atoms with Crippen LogP contribution in [-0.2, 0) is 11.2 Å². The molecule has 0 saturated carbocycles. The van der Waals surface area contributed by atoms with Gasteiger partial charge in [-0.15, -0.1) is 0 Å². The highest BCUT2D eigenvalue weighted by molar-refractivity contribution is 5.79. The minimum Gasteiger partial charge on any atom is -0.508 e. The fourth-order valence-electron chi connectivity index (χ4n) is 1.89. The highest BCUT2D eigenvalue weighted by atomic mass is 16.3. The van der Waals surface area contributed by atoms with Crippen molar-refractivity contribution < 1.29 is 19.4 Å². The Labute approximate surface area is 116 Å². The Hall–Kier alpha value is -2.27. The van der Waals surface area contributed by atoms with Gasteiger partial charge >= 0.3 is 0 Å². The quantitative estimate of drug-likeness (QED) is 0.775. The van der Waals surface area contributed by atoms with Crippen molar-refractivity contribution in [1.29, 1.82) is 0 Å². The molecule has 3 N–H and O–H groups in total. The summed E-state index contributed by atoms with van der Waals surface area (Å²) in [6.07, 6.45) is 1.62. The smallest absolute Gasteiger partial charge is 0.225 e. The number of amides is 1. The molecule has 0 fully saturated rings. The molecule has 2 aromatic rings. The van der Waals surface area contributed by atoms with E-state index in [9.17, 15) is 15.0 Å². The van der Waals surface area contributed by atoms with Crippen LogP contribution in [0.2, 0.25) is 0 Å². The molecule has 0 aliphatic heterocycles. The zero-order valence-electron chi connectivity index (χ0n) is 11.2. The minimum atomic E-state index is -0.559. The molecule has 1 aromatic carbocycles. The molecule has 0 saturated heterocycles. The van der Waals surface area contributed by atoms with Gasteiger partial charge in [-0.25, -0.2) is 0 Å². The van der Waals surface area contributed by atoms with E-state index in [1.54, 1.807) is 37.3 Å². The first-order valence-electron chi connectivity index (χ1n) is 6.32. The number of rotatable bonds is 5. The lowest BCUT2D eigenvalue weighted by Crippen LogP contribution is -2.31. The first-order valence-corrected chi connectivity index (χ1v) is 6.32. The average Bonchev–Trinajstić information content (AvgIpc) is 2.94. The SMILES string of the molecule is Cc1ccc(CC(=O)NC(CO)c2ccco2)cc1O. The van der Waals surface area contributed by atoms with Crippen molar-refractivity contribution >= 4 is 5.91 Å². The van der Waals surface area contributed by atoms with Crippen LogP contribution in [-0.4, -0.2) is 22.7 Å². The number of aliphatic hydroxyl groups is 1. The molecule has 1 heterocycles. The van der Waals surface area contributed by atoms with Gasteiger partial charge in [-0.3, -0.25) is 4.79 Å². The normalized spacial score (nSPS) is 12.1. The summed E-state index contributed by atoms with van der Waals surface area (Å²) >= 11 is 0. The number of furan rings is 1. The Bertz CT molecular complexity index is 578. The van der Waals surface area contributed by atoms with Crippen LogP contribution in [0.25, 0.3) is 0 Å². The molecule has 5 nitrogen and oxygen atoms in total. The number of nitrogens with one attached hydrogen (secondary N) is 1. The van der Waals surface area contributed by atoms with Crippen molar-refractivity contribution in [3.63, 3.8) is 0 Å². The fraction of sp³-hybridized carbons (Fsp3) is 0.267. The summed E-state index contributed by atoms with van der Waals surface area (Å²) in [6, 6.07) is 7.94. The zero-order valence-corrected chi connectivity index (χ0v) is 11.2. The summed E-state index contributed by atoms with van der Waals surface area (Å²) in [5.41, 5.74) is 1.47. The van der Waals surface area contributed by atoms with Crippen LogP contribution >= 0.6 is 0 Å². The van der Waals surface area contributed by atoms with E-state index in [1.165, 1.54) is 6.26 Å². The van der Waals surface area contributed by atoms with Crippen LogP contribution in [0.4, 0.5) is 0 Å². The predicted octanol–water partition coefficient (Wildman–Crippen LogP) is 1.69. The number of benzene rings is 1. The average molecular weight is 275 g/mol. The molecule has 0 bridgehead atoms. The van der Waals surface area contributed by atoms with E-state index in [0.717, 1.165) is 5.56 Å². The van der Waals surface area contributed by atoms with Crippen molar-refractivity contribution in [2.24, 2.45) is 0 Å². The maximum absolute atomic E-state index is 11.9. The van der Waals surface area contributed by atoms with Crippen LogP contribution in [0.5, 0.6) is 5.75 Å². The molecule has 0 spiro atoms. The Morgan fingerprint density at radius 3 is 2.80 bits per heavy atom. The van der Waals surface area contributed by atoms with E-state index in [2.05, 4.69) is 5.32 Å². The van der Waals surface area contributed by atoms with Crippen molar-refractivity contribution in [3.8, 4) is 5.75 Å². The summed E-state index contributed by atoms with van der Waals surface area (Å²) in [5, 5.41) is 21.6. The lowest BCUT2D eigenvalue weighted by molar-refractivity contribution is -0.121. The number of aliphatic hydroxyl groups excluding tert-OH is 1. The second kappa shape index (κ2) is 6.25. The van der Waals surface area contributed by atoms with Crippen LogP contribution in [0.1, 0.15) is 22.9 Å². The predicted molar refractivity (Wildman–Crippen MR) is 73.2 cm³/mol. The lowest BCUT2D eigenvalue weighted by atomic mass is 10.1. The van der Waals surface area contributed by atoms with Gasteiger partial charge in [0, 0.05) is 0 Å². The second-order valence-electron chi connectivity index (χ2n) is 4.62. The Kier molecular flexibility index (Phi) is 4.42. The van der Waals surface area contributed by atoms with Gasteiger partial charge in [0.1, 0.15) is 17.6 Å². The zero-order chi connectivity index (χ0) is 14.5. The molecule has 1 atom stereocenters. The molecule has 1 amide bonds. The molecule has 0 aliphatic rings. The standard InChI is InChI=1S/C15H17NO4/c1-10-4-5-11(7-13(10)18)8-15(19)16-12(9-17)14-3-2-6-20-14/h2-7,12,17-18H,8-9H2,1H3,(H,16,19). The molecule has 0 radical (unpaired) electrons. The van der Waals surface area contributed by atoms with E-state index in [1.807, 2.05) is 0 Å². The summed E-state index contributed by atoms with van der Waals surface area (Å²) in [5.74, 6) is 0.427. The largest absolute Gasteiger partial charge is 0.508 e. The van der Waals surface area contributed by atoms with Crippen LogP contribution in [0.3, 0.4) is 0 Å². The van der Waals surface area contributed by atoms with Gasteiger partial charge in [0.2, 0.25) is 5.91 Å². The van der Waals surface area contributed by atoms with Crippen molar-refractivity contribution in [1.82, 2.24) is 5.32 Å². The highest BCUT2D eigenvalue weighted by Crippen LogP contribution is 2.18. The number of hydrogen-bond donors (Lipinski definition) is 3. The van der Waals surface area contributed by atoms with Crippen molar-refractivity contribution in [3.05, 3.63) is 53.5 Å².